The fourth-order valence-corrected chi connectivity index (χ4v) is 3.39. The predicted molar refractivity (Wildman–Crippen MR) is 78.0 cm³/mol. The third-order valence-electron chi connectivity index (χ3n) is 4.48. The Morgan fingerprint density at radius 3 is 2.61 bits per heavy atom. The van der Waals surface area contributed by atoms with E-state index in [0.717, 1.165) is 32.2 Å². The molecule has 2 atom stereocenters. The van der Waals surface area contributed by atoms with Gasteiger partial charge in [-0.1, -0.05) is 20.8 Å². The van der Waals surface area contributed by atoms with Gasteiger partial charge in [-0.05, 0) is 44.7 Å². The number of rotatable bonds is 8. The van der Waals surface area contributed by atoms with E-state index < -0.39 is 0 Å². The number of nitrogens with one attached hydrogen (secondary N) is 1. The van der Waals surface area contributed by atoms with Gasteiger partial charge in [-0.25, -0.2) is 0 Å². The molecule has 0 saturated heterocycles. The molecular weight excluding hydrogens is 224 g/mol. The molecule has 0 amide bonds. The van der Waals surface area contributed by atoms with Crippen molar-refractivity contribution < 1.29 is 4.74 Å². The molecule has 108 valence electrons. The Balaban J connectivity index is 2.44. The van der Waals surface area contributed by atoms with E-state index in [-0.39, 0.29) is 0 Å². The second-order valence-corrected chi connectivity index (χ2v) is 6.14. The van der Waals surface area contributed by atoms with Crippen LogP contribution in [0.25, 0.3) is 0 Å². The van der Waals surface area contributed by atoms with Crippen LogP contribution in [0.1, 0.15) is 40.5 Å². The summed E-state index contributed by atoms with van der Waals surface area (Å²) in [6, 6.07) is 0.652. The van der Waals surface area contributed by atoms with Crippen LogP contribution in [-0.2, 0) is 4.74 Å². The lowest BCUT2D eigenvalue weighted by atomic mass is 9.85. The molecule has 1 fully saturated rings. The first-order valence-corrected chi connectivity index (χ1v) is 7.52. The van der Waals surface area contributed by atoms with E-state index in [9.17, 15) is 0 Å². The lowest BCUT2D eigenvalue weighted by molar-refractivity contribution is 0.104. The van der Waals surface area contributed by atoms with Crippen molar-refractivity contribution >= 4 is 0 Å². The second kappa shape index (κ2) is 7.46. The predicted octanol–water partition coefficient (Wildman–Crippen LogP) is 2.37. The average molecular weight is 256 g/mol. The van der Waals surface area contributed by atoms with Gasteiger partial charge >= 0.3 is 0 Å². The zero-order valence-electron chi connectivity index (χ0n) is 13.0. The summed E-state index contributed by atoms with van der Waals surface area (Å²) in [6.45, 7) is 14.2. The third-order valence-corrected chi connectivity index (χ3v) is 4.48. The molecule has 0 radical (unpaired) electrons. The molecule has 0 aromatic heterocycles. The standard InChI is InChI=1S/C15H32N2O/c1-6-17(10-11-18-7-2)12-13-8-9-15(3,4)14(13)16-5/h13-14,16H,6-12H2,1-5H3. The molecule has 0 aliphatic heterocycles. The number of nitrogens with zero attached hydrogens (tertiary/aromatic N) is 1. The van der Waals surface area contributed by atoms with Crippen LogP contribution in [0.5, 0.6) is 0 Å². The maximum Gasteiger partial charge on any atom is 0.0593 e. The first-order chi connectivity index (χ1) is 8.55. The lowest BCUT2D eigenvalue weighted by Crippen LogP contribution is -2.44. The van der Waals surface area contributed by atoms with Crippen LogP contribution in [0.3, 0.4) is 0 Å². The molecule has 0 heterocycles. The van der Waals surface area contributed by atoms with Crippen LogP contribution in [0, 0.1) is 11.3 Å². The molecule has 1 N–H and O–H groups in total. The Hall–Kier alpha value is -0.120. The van der Waals surface area contributed by atoms with Crippen LogP contribution in [0.15, 0.2) is 0 Å². The summed E-state index contributed by atoms with van der Waals surface area (Å²) in [4.78, 5) is 2.53. The van der Waals surface area contributed by atoms with E-state index in [1.54, 1.807) is 0 Å². The van der Waals surface area contributed by atoms with Crippen molar-refractivity contribution in [1.29, 1.82) is 0 Å². The minimum Gasteiger partial charge on any atom is -0.380 e. The summed E-state index contributed by atoms with van der Waals surface area (Å²) in [5, 5.41) is 3.54. The van der Waals surface area contributed by atoms with Crippen LogP contribution < -0.4 is 5.32 Å². The molecule has 18 heavy (non-hydrogen) atoms. The van der Waals surface area contributed by atoms with Gasteiger partial charge in [-0.15, -0.1) is 0 Å². The Bertz CT molecular complexity index is 231. The van der Waals surface area contributed by atoms with Gasteiger partial charge in [-0.3, -0.25) is 0 Å². The number of hydrogen-bond acceptors (Lipinski definition) is 3. The van der Waals surface area contributed by atoms with Gasteiger partial charge in [0.25, 0.3) is 0 Å². The maximum absolute atomic E-state index is 5.47. The summed E-state index contributed by atoms with van der Waals surface area (Å²) >= 11 is 0. The summed E-state index contributed by atoms with van der Waals surface area (Å²) in [5.74, 6) is 0.784. The molecule has 3 heteroatoms. The molecule has 1 aliphatic carbocycles. The number of ether oxygens (including phenoxy) is 1. The Labute approximate surface area is 113 Å². The van der Waals surface area contributed by atoms with E-state index in [4.69, 9.17) is 4.74 Å². The van der Waals surface area contributed by atoms with Crippen LogP contribution >= 0.6 is 0 Å². The second-order valence-electron chi connectivity index (χ2n) is 6.14. The molecule has 0 bridgehead atoms. The minimum absolute atomic E-state index is 0.443. The number of hydrogen-bond donors (Lipinski definition) is 1. The Morgan fingerprint density at radius 2 is 2.06 bits per heavy atom. The average Bonchev–Trinajstić information content (AvgIpc) is 2.62. The van der Waals surface area contributed by atoms with Crippen molar-refractivity contribution in [3.63, 3.8) is 0 Å². The molecule has 0 aromatic rings. The van der Waals surface area contributed by atoms with Gasteiger partial charge in [0.05, 0.1) is 6.61 Å². The van der Waals surface area contributed by atoms with Crippen molar-refractivity contribution in [2.24, 2.45) is 11.3 Å². The molecule has 2 unspecified atom stereocenters. The lowest BCUT2D eigenvalue weighted by Gasteiger charge is -2.33. The summed E-state index contributed by atoms with van der Waals surface area (Å²) < 4.78 is 5.47. The third kappa shape index (κ3) is 4.22. The highest BCUT2D eigenvalue weighted by Crippen LogP contribution is 2.41. The van der Waals surface area contributed by atoms with E-state index in [2.05, 4.69) is 45.0 Å². The van der Waals surface area contributed by atoms with E-state index in [0.29, 0.717) is 11.5 Å². The normalized spacial score (nSPS) is 27.0. The van der Waals surface area contributed by atoms with Gasteiger partial charge in [0.2, 0.25) is 0 Å². The summed E-state index contributed by atoms with van der Waals surface area (Å²) in [7, 11) is 2.11. The van der Waals surface area contributed by atoms with Gasteiger partial charge < -0.3 is 15.0 Å². The smallest absolute Gasteiger partial charge is 0.0593 e. The SMILES string of the molecule is CCOCCN(CC)CC1CCC(C)(C)C1NC. The van der Waals surface area contributed by atoms with E-state index in [1.165, 1.54) is 19.4 Å². The molecule has 1 rings (SSSR count). The van der Waals surface area contributed by atoms with E-state index in [1.807, 2.05) is 0 Å². The summed E-state index contributed by atoms with van der Waals surface area (Å²) in [6.07, 6.45) is 2.69. The maximum atomic E-state index is 5.47. The van der Waals surface area contributed by atoms with Crippen molar-refractivity contribution in [3.8, 4) is 0 Å². The molecular formula is C15H32N2O. The van der Waals surface area contributed by atoms with Crippen molar-refractivity contribution in [3.05, 3.63) is 0 Å². The fraction of sp³-hybridized carbons (Fsp3) is 1.00. The highest BCUT2D eigenvalue weighted by Gasteiger charge is 2.41. The monoisotopic (exact) mass is 256 g/mol. The fourth-order valence-electron chi connectivity index (χ4n) is 3.39. The molecule has 3 nitrogen and oxygen atoms in total. The van der Waals surface area contributed by atoms with Crippen LogP contribution in [0.4, 0.5) is 0 Å². The van der Waals surface area contributed by atoms with Gasteiger partial charge in [0.15, 0.2) is 0 Å². The molecule has 1 saturated carbocycles. The topological polar surface area (TPSA) is 24.5 Å². The van der Waals surface area contributed by atoms with Gasteiger partial charge in [0.1, 0.15) is 0 Å². The summed E-state index contributed by atoms with van der Waals surface area (Å²) in [5.41, 5.74) is 0.443. The Morgan fingerprint density at radius 1 is 1.33 bits per heavy atom. The molecule has 0 spiro atoms. The van der Waals surface area contributed by atoms with Crippen LogP contribution in [-0.4, -0.2) is 50.8 Å². The van der Waals surface area contributed by atoms with Crippen LogP contribution in [0.2, 0.25) is 0 Å². The van der Waals surface area contributed by atoms with Gasteiger partial charge in [0, 0.05) is 25.7 Å². The zero-order chi connectivity index (χ0) is 13.6. The largest absolute Gasteiger partial charge is 0.380 e. The van der Waals surface area contributed by atoms with Crippen molar-refractivity contribution in [1.82, 2.24) is 10.2 Å². The van der Waals surface area contributed by atoms with Gasteiger partial charge in [-0.2, -0.15) is 0 Å². The zero-order valence-corrected chi connectivity index (χ0v) is 13.0. The molecule has 1 aliphatic rings. The first-order valence-electron chi connectivity index (χ1n) is 7.52. The highest BCUT2D eigenvalue weighted by molar-refractivity contribution is 4.96. The first kappa shape index (κ1) is 15.9. The quantitative estimate of drug-likeness (QED) is 0.675. The van der Waals surface area contributed by atoms with Crippen molar-refractivity contribution in [2.45, 2.75) is 46.6 Å². The van der Waals surface area contributed by atoms with Crippen molar-refractivity contribution in [2.75, 3.05) is 39.9 Å². The highest BCUT2D eigenvalue weighted by atomic mass is 16.5. The number of likely N-dealkylation sites (N-methyl/N-ethyl adjacent to an activating group) is 1. The Kier molecular flexibility index (Phi) is 6.61. The molecule has 0 aromatic carbocycles. The minimum atomic E-state index is 0.443. The van der Waals surface area contributed by atoms with E-state index >= 15 is 0 Å².